The number of carbonyl (C=O) groups is 3. The Morgan fingerprint density at radius 1 is 1.09 bits per heavy atom. The van der Waals surface area contributed by atoms with Gasteiger partial charge in [-0.3, -0.25) is 33.5 Å². The molecule has 2 aromatic heterocycles. The first-order valence-corrected chi connectivity index (χ1v) is 18.9. The molecule has 1 aromatic carbocycles. The van der Waals surface area contributed by atoms with Crippen LogP contribution < -0.4 is 21.6 Å². The number of imide groups is 1. The number of nitrogens with one attached hydrogen (secondary N) is 3. The minimum Gasteiger partial charge on any atom is -0.502 e. The van der Waals surface area contributed by atoms with E-state index in [-0.39, 0.29) is 30.0 Å². The highest BCUT2D eigenvalue weighted by Crippen LogP contribution is 2.34. The first kappa shape index (κ1) is 40.5. The number of likely N-dealkylation sites (N-methyl/N-ethyl adjacent to an activating group) is 2. The van der Waals surface area contributed by atoms with Crippen LogP contribution in [0.3, 0.4) is 0 Å². The molecule has 15 nitrogen and oxygen atoms in total. The predicted molar refractivity (Wildman–Crippen MR) is 207 cm³/mol. The summed E-state index contributed by atoms with van der Waals surface area (Å²) >= 11 is 0. The summed E-state index contributed by atoms with van der Waals surface area (Å²) in [6.07, 6.45) is 9.54. The fourth-order valence-electron chi connectivity index (χ4n) is 7.50. The van der Waals surface area contributed by atoms with Gasteiger partial charge in [0.1, 0.15) is 23.7 Å². The van der Waals surface area contributed by atoms with Gasteiger partial charge in [-0.25, -0.2) is 4.79 Å². The molecule has 1 atom stereocenters. The number of carbonyl (C=O) groups excluding carboxylic acids is 3. The van der Waals surface area contributed by atoms with Gasteiger partial charge in [0.2, 0.25) is 11.8 Å². The van der Waals surface area contributed by atoms with Crippen LogP contribution >= 0.6 is 0 Å². The molecule has 0 bridgehead atoms. The minimum absolute atomic E-state index is 0.212. The maximum absolute atomic E-state index is 13.2. The lowest BCUT2D eigenvalue weighted by atomic mass is 9.86. The molecule has 3 heterocycles. The number of imidazole rings is 1. The van der Waals surface area contributed by atoms with Crippen LogP contribution in [0.25, 0.3) is 16.6 Å². The summed E-state index contributed by atoms with van der Waals surface area (Å²) in [6.45, 7) is 10.0. The van der Waals surface area contributed by atoms with Crippen LogP contribution in [0.5, 0.6) is 0 Å². The third-order valence-corrected chi connectivity index (χ3v) is 10.3. The lowest BCUT2D eigenvalue weighted by Gasteiger charge is -2.31. The zero-order valence-corrected chi connectivity index (χ0v) is 32.3. The third-order valence-electron chi connectivity index (χ3n) is 10.3. The van der Waals surface area contributed by atoms with Gasteiger partial charge in [-0.1, -0.05) is 18.7 Å². The number of benzene rings is 1. The molecule has 1 unspecified atom stereocenters. The smallest absolute Gasteiger partial charge is 0.329 e. The van der Waals surface area contributed by atoms with E-state index in [9.17, 15) is 19.2 Å². The largest absolute Gasteiger partial charge is 0.502 e. The number of amides is 3. The Bertz CT molecular complexity index is 1880. The van der Waals surface area contributed by atoms with Crippen molar-refractivity contribution in [2.45, 2.75) is 70.4 Å². The summed E-state index contributed by atoms with van der Waals surface area (Å²) < 4.78 is 21.8. The molecule has 1 saturated heterocycles. The second-order valence-corrected chi connectivity index (χ2v) is 14.4. The zero-order valence-electron chi connectivity index (χ0n) is 32.3. The number of ether oxygens (including phenoxy) is 3. The van der Waals surface area contributed by atoms with Crippen molar-refractivity contribution in [2.24, 2.45) is 13.0 Å². The molecule has 1 aliphatic carbocycles. The molecule has 3 aromatic rings. The molecule has 0 spiro atoms. The Balaban J connectivity index is 0.972. The van der Waals surface area contributed by atoms with Gasteiger partial charge >= 0.3 is 5.69 Å². The third kappa shape index (κ3) is 9.87. The Labute approximate surface area is 316 Å². The molecule has 15 heteroatoms. The number of anilines is 1. The van der Waals surface area contributed by atoms with E-state index in [0.29, 0.717) is 61.4 Å². The zero-order chi connectivity index (χ0) is 38.8. The van der Waals surface area contributed by atoms with E-state index in [1.54, 1.807) is 18.7 Å². The molecule has 5 rings (SSSR count). The van der Waals surface area contributed by atoms with Crippen molar-refractivity contribution in [1.82, 2.24) is 34.4 Å². The highest BCUT2D eigenvalue weighted by Gasteiger charge is 2.32. The molecule has 3 amide bonds. The summed E-state index contributed by atoms with van der Waals surface area (Å²) in [6, 6.07) is 5.33. The Morgan fingerprint density at radius 3 is 2.52 bits per heavy atom. The maximum atomic E-state index is 13.2. The van der Waals surface area contributed by atoms with E-state index in [4.69, 9.17) is 19.3 Å². The van der Waals surface area contributed by atoms with Crippen LogP contribution in [-0.2, 0) is 42.1 Å². The van der Waals surface area contributed by atoms with Gasteiger partial charge in [0.05, 0.1) is 49.7 Å². The molecule has 1 aliphatic heterocycles. The van der Waals surface area contributed by atoms with E-state index in [1.165, 1.54) is 17.9 Å². The molecule has 1 saturated carbocycles. The molecule has 3 N–H and O–H groups in total. The number of rotatable bonds is 19. The van der Waals surface area contributed by atoms with Crippen molar-refractivity contribution < 1.29 is 28.6 Å². The summed E-state index contributed by atoms with van der Waals surface area (Å²) in [7, 11) is 7.03. The van der Waals surface area contributed by atoms with E-state index < -0.39 is 11.9 Å². The van der Waals surface area contributed by atoms with Gasteiger partial charge in [0.25, 0.3) is 5.91 Å². The lowest BCUT2D eigenvalue weighted by Crippen LogP contribution is -2.44. The van der Waals surface area contributed by atoms with Crippen molar-refractivity contribution in [3.05, 3.63) is 64.7 Å². The van der Waals surface area contributed by atoms with Crippen LogP contribution in [0.2, 0.25) is 0 Å². The van der Waals surface area contributed by atoms with Gasteiger partial charge < -0.3 is 29.7 Å². The minimum atomic E-state index is -0.697. The normalized spacial score (nSPS) is 19.3. The quantitative estimate of drug-likeness (QED) is 0.0716. The van der Waals surface area contributed by atoms with Crippen LogP contribution in [-0.4, -0.2) is 102 Å². The van der Waals surface area contributed by atoms with Crippen molar-refractivity contribution in [2.75, 3.05) is 66.0 Å². The van der Waals surface area contributed by atoms with Gasteiger partial charge in [-0.15, -0.1) is 0 Å². The van der Waals surface area contributed by atoms with E-state index >= 15 is 0 Å². The number of para-hydroxylation sites is 1. The lowest BCUT2D eigenvalue weighted by molar-refractivity contribution is -0.135. The summed E-state index contributed by atoms with van der Waals surface area (Å²) in [5.74, 6) is -0.437. The maximum Gasteiger partial charge on any atom is 0.329 e. The van der Waals surface area contributed by atoms with Crippen molar-refractivity contribution in [3.63, 3.8) is 0 Å². The number of allylic oxidation sites excluding steroid dienone is 1. The number of hydrogen-bond acceptors (Lipinski definition) is 10. The topological polar surface area (TPSA) is 163 Å². The predicted octanol–water partition coefficient (Wildman–Crippen LogP) is 3.52. The number of fused-ring (bicyclic) bond motifs is 1. The molecular formula is C39H56N8O7. The van der Waals surface area contributed by atoms with Gasteiger partial charge in [0, 0.05) is 46.4 Å². The Kier molecular flexibility index (Phi) is 14.3. The summed E-state index contributed by atoms with van der Waals surface area (Å²) in [5, 5.41) is 12.9. The molecule has 2 aliphatic rings. The van der Waals surface area contributed by atoms with E-state index in [0.717, 1.165) is 68.3 Å². The molecule has 54 heavy (non-hydrogen) atoms. The summed E-state index contributed by atoms with van der Waals surface area (Å²) in [5.41, 5.74) is 4.69. The second-order valence-electron chi connectivity index (χ2n) is 14.4. The second kappa shape index (κ2) is 19.0. The highest BCUT2D eigenvalue weighted by atomic mass is 16.5. The monoisotopic (exact) mass is 748 g/mol. The SMILES string of the molecule is C=C(C)c1nn([C@H]2CC[C@H](CN(C)CCOCCOCCCc3cccc4c3n(C)c(=O)n4C3CCC(=O)NC3=O)CC2)cc1NC(=O)/C(=C/OC)NC. The van der Waals surface area contributed by atoms with Crippen LogP contribution in [0.15, 0.2) is 47.7 Å². The number of methoxy groups -OCH3 is 1. The standard InChI is InChI=1S/C39H56N8O7/c1-26(2)35-30(41-37(49)31(40-3)25-52-6)24-46(43-35)29-14-12-27(13-15-29)23-44(4)18-20-54-22-21-53-19-8-10-28-9-7-11-32-36(28)45(5)39(51)47(32)33-16-17-34(48)42-38(33)50/h7,9,11,24-25,27,29,33,40H,1,8,10,12-23H2,2-6H3,(H,41,49)(H,42,48,50)/b31-25-/t27-,29-,33?. The fourth-order valence-corrected chi connectivity index (χ4v) is 7.50. The van der Waals surface area contributed by atoms with Crippen molar-refractivity contribution in [3.8, 4) is 0 Å². The average molecular weight is 749 g/mol. The van der Waals surface area contributed by atoms with Crippen molar-refractivity contribution in [1.29, 1.82) is 0 Å². The first-order chi connectivity index (χ1) is 26.0. The Hall–Kier alpha value is -4.73. The van der Waals surface area contributed by atoms with Gasteiger partial charge in [0.15, 0.2) is 0 Å². The van der Waals surface area contributed by atoms with Crippen LogP contribution in [0.4, 0.5) is 5.69 Å². The number of aromatic nitrogens is 4. The number of hydrogen-bond donors (Lipinski definition) is 3. The molecule has 2 fully saturated rings. The highest BCUT2D eigenvalue weighted by molar-refractivity contribution is 6.04. The molecule has 294 valence electrons. The van der Waals surface area contributed by atoms with E-state index in [2.05, 4.69) is 34.5 Å². The van der Waals surface area contributed by atoms with Crippen molar-refractivity contribution >= 4 is 40.0 Å². The number of aryl methyl sites for hydroxylation is 2. The van der Waals surface area contributed by atoms with Gasteiger partial charge in [-0.2, -0.15) is 5.10 Å². The Morgan fingerprint density at radius 2 is 1.83 bits per heavy atom. The molecular weight excluding hydrogens is 692 g/mol. The van der Waals surface area contributed by atoms with Crippen LogP contribution in [0.1, 0.15) is 75.2 Å². The van der Waals surface area contributed by atoms with E-state index in [1.807, 2.05) is 36.0 Å². The van der Waals surface area contributed by atoms with Crippen LogP contribution in [0, 0.1) is 5.92 Å². The summed E-state index contributed by atoms with van der Waals surface area (Å²) in [4.78, 5) is 52.4. The molecule has 0 radical (unpaired) electrons. The average Bonchev–Trinajstić information content (AvgIpc) is 3.68. The van der Waals surface area contributed by atoms with Gasteiger partial charge in [-0.05, 0) is 82.0 Å². The first-order valence-electron chi connectivity index (χ1n) is 18.9. The fraction of sp³-hybridized carbons (Fsp3) is 0.564. The number of piperidine rings is 1. The number of nitrogens with zero attached hydrogens (tertiary/aromatic N) is 5.